The number of nitrogens with zero attached hydrogens (tertiary/aromatic N) is 6. The van der Waals surface area contributed by atoms with Gasteiger partial charge in [0.05, 0.1) is 17.1 Å². The Morgan fingerprint density at radius 3 is 2.44 bits per heavy atom. The van der Waals surface area contributed by atoms with Crippen LogP contribution < -0.4 is 22.3 Å². The summed E-state index contributed by atoms with van der Waals surface area (Å²) in [4.78, 5) is 41.0. The first-order chi connectivity index (χ1) is 20.6. The average Bonchev–Trinajstić information content (AvgIpc) is 3.54. The number of anilines is 2. The largest absolute Gasteiger partial charge is 0.383 e. The second kappa shape index (κ2) is 9.99. The van der Waals surface area contributed by atoms with Crippen LogP contribution in [-0.2, 0) is 17.2 Å². The Labute approximate surface area is 231 Å². The van der Waals surface area contributed by atoms with Crippen molar-refractivity contribution in [1.82, 2.24) is 35.1 Å². The molecule has 0 spiro atoms. The minimum atomic E-state index is -3.87. The molecule has 3 aromatic heterocycles. The molecule has 2 amide bonds. The zero-order valence-corrected chi connectivity index (χ0v) is 20.7. The smallest absolute Gasteiger partial charge is 0.272 e. The van der Waals surface area contributed by atoms with Gasteiger partial charge < -0.3 is 11.1 Å². The number of carbonyl (C=O) groups is 2. The molecule has 0 fully saturated rings. The molecule has 17 heteroatoms. The normalized spacial score (nSPS) is 20.1. The van der Waals surface area contributed by atoms with Crippen molar-refractivity contribution in [2.45, 2.75) is 37.3 Å². The summed E-state index contributed by atoms with van der Waals surface area (Å²) in [6, 6.07) is 5.82. The van der Waals surface area contributed by atoms with Gasteiger partial charge in [-0.1, -0.05) is 12.1 Å². The van der Waals surface area contributed by atoms with E-state index in [1.54, 1.807) is 0 Å². The number of hydrogen-bond acceptors (Lipinski definition) is 9. The van der Waals surface area contributed by atoms with Crippen LogP contribution in [0.2, 0.25) is 0 Å². The van der Waals surface area contributed by atoms with Crippen molar-refractivity contribution in [3.8, 4) is 11.5 Å². The van der Waals surface area contributed by atoms with E-state index in [1.807, 2.05) is 5.43 Å². The van der Waals surface area contributed by atoms with Crippen molar-refractivity contribution >= 4 is 34.5 Å². The van der Waals surface area contributed by atoms with Crippen molar-refractivity contribution in [3.63, 3.8) is 0 Å². The van der Waals surface area contributed by atoms with Gasteiger partial charge in [-0.15, -0.1) is 0 Å². The number of halogens is 5. The van der Waals surface area contributed by atoms with Gasteiger partial charge in [0, 0.05) is 16.7 Å². The molecule has 4 aromatic rings. The summed E-state index contributed by atoms with van der Waals surface area (Å²) in [7, 11) is 0. The molecule has 6 N–H and O–H groups in total. The Bertz CT molecular complexity index is 1790. The van der Waals surface area contributed by atoms with Crippen LogP contribution in [0.3, 0.4) is 0 Å². The Kier molecular flexibility index (Phi) is 5.86. The van der Waals surface area contributed by atoms with Gasteiger partial charge in [-0.25, -0.2) is 47.7 Å². The van der Waals surface area contributed by atoms with Gasteiger partial charge in [0.2, 0.25) is 5.91 Å². The summed E-state index contributed by atoms with van der Waals surface area (Å²) < 4.78 is 92.1. The number of carbonyl (C=O) groups excluding carboxylic acids is 2. The summed E-state index contributed by atoms with van der Waals surface area (Å²) in [5, 5.41) is 6.07. The van der Waals surface area contributed by atoms with E-state index in [2.05, 4.69) is 30.4 Å². The van der Waals surface area contributed by atoms with Gasteiger partial charge in [-0.05, 0) is 24.6 Å². The van der Waals surface area contributed by atoms with Gasteiger partial charge in [-0.2, -0.15) is 5.10 Å². The molecule has 12 nitrogen and oxygen atoms in total. The molecule has 0 saturated carbocycles. The quantitative estimate of drug-likeness (QED) is 0.111. The molecule has 1 aliphatic heterocycles. The maximum absolute atomic E-state index is 15.0. The third-order valence-electron chi connectivity index (χ3n) is 6.71. The fraction of sp³-hybridized carbons (Fsp3) is 0.292. The van der Waals surface area contributed by atoms with Gasteiger partial charge in [0.1, 0.15) is 22.7 Å². The molecule has 0 saturated heterocycles. The fourth-order valence-corrected chi connectivity index (χ4v) is 4.49. The number of alkyl halides is 5. The van der Waals surface area contributed by atoms with E-state index in [0.717, 1.165) is 6.20 Å². The van der Waals surface area contributed by atoms with E-state index >= 15 is 4.39 Å². The zero-order valence-electron chi connectivity index (χ0n) is 23.7. The van der Waals surface area contributed by atoms with Crippen molar-refractivity contribution in [2.24, 2.45) is 12.8 Å². The zero-order chi connectivity index (χ0) is 32.3. The highest BCUT2D eigenvalue weighted by Crippen LogP contribution is 2.45. The van der Waals surface area contributed by atoms with Gasteiger partial charge in [0.15, 0.2) is 35.8 Å². The standard InChI is InChI=1S/C24H21F5N10O2/c1-24(9-5-3-8(4-6-9)22(40)38-31)11-17(30)34-20(35-18(11)37-23(24)41)15-10-7-32-39(2)21(10)36-19(33-15)14(27)12(25)13(26)16(28)29/h3-7,12-14,16H,31H2,1-2H3,(H,38,40)(H3,30,34,35,37,41)/i2D3. The molecule has 0 aliphatic carbocycles. The maximum atomic E-state index is 15.0. The van der Waals surface area contributed by atoms with Crippen LogP contribution in [0.4, 0.5) is 33.6 Å². The maximum Gasteiger partial charge on any atom is 0.272 e. The summed E-state index contributed by atoms with van der Waals surface area (Å²) in [6.07, 6.45) is -13.0. The SMILES string of the molecule is [2H]C([2H])([2H])n1ncc2c(-c3nc(N)c4c(n3)NC(=O)C4(C)c3ccc(C(=O)NN)cc3)nc(C(F)C(F)C(F)C(F)F)nc21. The lowest BCUT2D eigenvalue weighted by Crippen LogP contribution is -2.33. The minimum Gasteiger partial charge on any atom is -0.383 e. The Hall–Kier alpha value is -4.80. The molecule has 4 unspecified atom stereocenters. The van der Waals surface area contributed by atoms with E-state index in [0.29, 0.717) is 10.2 Å². The second-order valence-electron chi connectivity index (χ2n) is 9.14. The summed E-state index contributed by atoms with van der Waals surface area (Å²) in [5.41, 5.74) is 6.41. The number of hydrogen-bond donors (Lipinski definition) is 4. The number of nitrogen functional groups attached to an aromatic ring is 2. The van der Waals surface area contributed by atoms with Crippen molar-refractivity contribution in [2.75, 3.05) is 11.1 Å². The van der Waals surface area contributed by atoms with Crippen LogP contribution in [0.15, 0.2) is 30.5 Å². The molecule has 41 heavy (non-hydrogen) atoms. The molecule has 0 bridgehead atoms. The van der Waals surface area contributed by atoms with Crippen LogP contribution in [0, 0.1) is 0 Å². The van der Waals surface area contributed by atoms with E-state index in [4.69, 9.17) is 15.7 Å². The van der Waals surface area contributed by atoms with E-state index < -0.39 is 72.1 Å². The van der Waals surface area contributed by atoms with E-state index in [-0.39, 0.29) is 28.1 Å². The number of aromatic nitrogens is 6. The molecule has 1 aromatic carbocycles. The van der Waals surface area contributed by atoms with E-state index in [1.165, 1.54) is 31.2 Å². The highest BCUT2D eigenvalue weighted by molar-refractivity contribution is 6.09. The first-order valence-corrected chi connectivity index (χ1v) is 11.7. The number of rotatable bonds is 7. The third-order valence-corrected chi connectivity index (χ3v) is 6.71. The van der Waals surface area contributed by atoms with Crippen molar-refractivity contribution < 1.29 is 35.7 Å². The fourth-order valence-electron chi connectivity index (χ4n) is 4.49. The molecular formula is C24H21F5N10O2. The Balaban J connectivity index is 1.67. The first-order valence-electron chi connectivity index (χ1n) is 13.2. The molecular weight excluding hydrogens is 555 g/mol. The summed E-state index contributed by atoms with van der Waals surface area (Å²) in [5.74, 6) is 1.95. The predicted molar refractivity (Wildman–Crippen MR) is 135 cm³/mol. The topological polar surface area (TPSA) is 180 Å². The molecule has 0 radical (unpaired) electrons. The predicted octanol–water partition coefficient (Wildman–Crippen LogP) is 2.22. The van der Waals surface area contributed by atoms with Gasteiger partial charge in [-0.3, -0.25) is 19.7 Å². The molecule has 214 valence electrons. The van der Waals surface area contributed by atoms with Crippen LogP contribution in [0.5, 0.6) is 0 Å². The monoisotopic (exact) mass is 579 g/mol. The van der Waals surface area contributed by atoms with Gasteiger partial charge in [0.25, 0.3) is 12.3 Å². The molecule has 4 heterocycles. The van der Waals surface area contributed by atoms with Crippen LogP contribution in [0.25, 0.3) is 22.6 Å². The van der Waals surface area contributed by atoms with Crippen LogP contribution in [-0.4, -0.2) is 60.3 Å². The average molecular weight is 580 g/mol. The van der Waals surface area contributed by atoms with Crippen molar-refractivity contribution in [1.29, 1.82) is 0 Å². The third kappa shape index (κ3) is 4.37. The van der Waals surface area contributed by atoms with E-state index in [9.17, 15) is 27.2 Å². The first kappa shape index (κ1) is 24.0. The van der Waals surface area contributed by atoms with Crippen molar-refractivity contribution in [3.05, 3.63) is 53.0 Å². The molecule has 4 atom stereocenters. The number of nitrogens with one attached hydrogen (secondary N) is 2. The lowest BCUT2D eigenvalue weighted by atomic mass is 9.77. The Morgan fingerprint density at radius 1 is 1.10 bits per heavy atom. The van der Waals surface area contributed by atoms with Gasteiger partial charge >= 0.3 is 0 Å². The van der Waals surface area contributed by atoms with Crippen LogP contribution >= 0.6 is 0 Å². The minimum absolute atomic E-state index is 0.107. The Morgan fingerprint density at radius 2 is 1.80 bits per heavy atom. The highest BCUT2D eigenvalue weighted by Gasteiger charge is 2.48. The number of benzene rings is 1. The molecule has 1 aliphatic rings. The lowest BCUT2D eigenvalue weighted by molar-refractivity contribution is -0.119. The highest BCUT2D eigenvalue weighted by atomic mass is 19.3. The lowest BCUT2D eigenvalue weighted by Gasteiger charge is -2.23. The summed E-state index contributed by atoms with van der Waals surface area (Å²) >= 11 is 0. The number of hydrazine groups is 1. The number of nitrogens with two attached hydrogens (primary N) is 2. The number of amides is 2. The second-order valence-corrected chi connectivity index (χ2v) is 9.14. The van der Waals surface area contributed by atoms with Crippen LogP contribution in [0.1, 0.15) is 44.5 Å². The number of aryl methyl sites for hydroxylation is 1. The summed E-state index contributed by atoms with van der Waals surface area (Å²) in [6.45, 7) is -1.48. The molecule has 5 rings (SSSR count). The number of fused-ring (bicyclic) bond motifs is 2.